The Kier molecular flexibility index (Phi) is 23.0. The summed E-state index contributed by atoms with van der Waals surface area (Å²) in [5, 5.41) is 8.80. The van der Waals surface area contributed by atoms with Crippen LogP contribution in [0.3, 0.4) is 0 Å². The van der Waals surface area contributed by atoms with Crippen LogP contribution >= 0.6 is 34.9 Å². The second-order valence-electron chi connectivity index (χ2n) is 23.4. The Balaban J connectivity index is 0.000000197. The molecule has 428 valence electrons. The number of aryl methyl sites for hydroxylation is 6. The van der Waals surface area contributed by atoms with Gasteiger partial charge in [-0.25, -0.2) is 9.37 Å². The van der Waals surface area contributed by atoms with E-state index in [0.29, 0.717) is 22.6 Å². The fraction of sp³-hybridized carbons (Fsp3) is 0.261. The van der Waals surface area contributed by atoms with Crippen LogP contribution < -0.4 is 40.7 Å². The fourth-order valence-corrected chi connectivity index (χ4v) is 16.2. The number of nitrogens with zero attached hydrogens (tertiary/aromatic N) is 1. The number of benzene rings is 8. The molecule has 8 aromatic carbocycles. The Morgan fingerprint density at radius 3 is 1.12 bits per heavy atom. The summed E-state index contributed by atoms with van der Waals surface area (Å²) in [5.74, 6) is 0.942. The van der Waals surface area contributed by atoms with Gasteiger partial charge in [0.25, 0.3) is 8.32 Å². The van der Waals surface area contributed by atoms with Gasteiger partial charge < -0.3 is 13.3 Å². The number of hydrogen-bond acceptors (Lipinski definition) is 4. The Labute approximate surface area is 504 Å². The third-order valence-electron chi connectivity index (χ3n) is 15.4. The molecule has 0 fully saturated rings. The first-order chi connectivity index (χ1) is 38.2. The molecule has 4 nitrogen and oxygen atoms in total. The molecule has 0 aliphatic rings. The SMILES string of the molecule is C=Cc1cc(O[Si](C)(C)C(C)(C)C)cc2nc(-c3ccc(O[Si](C)(C)C(C)(C)C)c(F)c3)oc12.Cc1ccccc1P(c1ccccc1C)c1ccccc1C.Cc1ccccc1P(c1ccccc1C)c1ccccc1C.[Cl][Pd][Cl]. The van der Waals surface area contributed by atoms with Crippen molar-refractivity contribution in [1.82, 2.24) is 4.98 Å². The maximum absolute atomic E-state index is 15.0. The summed E-state index contributed by atoms with van der Waals surface area (Å²) >= 11 is -0.106. The zero-order valence-corrected chi connectivity index (χ0v) is 56.9. The van der Waals surface area contributed by atoms with E-state index in [1.54, 1.807) is 18.2 Å². The van der Waals surface area contributed by atoms with E-state index in [2.05, 4.69) is 266 Å². The summed E-state index contributed by atoms with van der Waals surface area (Å²) < 4.78 is 33.7. The number of fused-ring (bicyclic) bond motifs is 1. The molecule has 0 atom stereocenters. The summed E-state index contributed by atoms with van der Waals surface area (Å²) in [4.78, 5) is 4.65. The van der Waals surface area contributed by atoms with Crippen LogP contribution in [0.1, 0.15) is 80.5 Å². The standard InChI is InChI=1S/C27H38FNO3Si2.2C21H21P.2ClH.Pd/c1-12-18-15-20(31-33(8,9)26(2,3)4)17-22-24(18)30-25(29-22)19-13-14-23(21(28)16-19)32-34(10,11)27(5,6)7;2*1-16-10-4-7-13-19(16)22(20-14-8-5-11-17(20)2)21-15-9-6-12-18(21)3;;;/h12-17H,1H2,2-11H3;2*4-15H,1-3H3;2*1H;/q;;;;;+2/p-2. The number of hydrogen-bond donors (Lipinski definition) is 0. The van der Waals surface area contributed by atoms with Gasteiger partial charge in [0.05, 0.1) is 0 Å². The first kappa shape index (κ1) is 65.2. The molecule has 0 saturated heterocycles. The summed E-state index contributed by atoms with van der Waals surface area (Å²) in [5.41, 5.74) is 10.9. The molecule has 12 heteroatoms. The van der Waals surface area contributed by atoms with E-state index in [1.807, 2.05) is 12.1 Å². The Morgan fingerprint density at radius 1 is 0.506 bits per heavy atom. The van der Waals surface area contributed by atoms with Gasteiger partial charge in [0, 0.05) is 17.2 Å². The zero-order chi connectivity index (χ0) is 59.5. The van der Waals surface area contributed by atoms with E-state index in [1.165, 1.54) is 71.3 Å². The molecule has 0 N–H and O–H groups in total. The minimum atomic E-state index is -2.15. The van der Waals surface area contributed by atoms with E-state index >= 15 is 4.39 Å². The first-order valence-corrected chi connectivity index (χ1v) is 39.7. The van der Waals surface area contributed by atoms with Crippen molar-refractivity contribution >= 4 is 101 Å². The molecular formula is C69H80Cl2FNO3P2PdSi2. The van der Waals surface area contributed by atoms with Crippen molar-refractivity contribution in [3.63, 3.8) is 0 Å². The second-order valence-corrected chi connectivity index (χ2v) is 39.4. The molecule has 1 heterocycles. The Bertz CT molecular complexity index is 3220. The van der Waals surface area contributed by atoms with E-state index < -0.39 is 38.3 Å². The summed E-state index contributed by atoms with van der Waals surface area (Å²) in [6, 6.07) is 61.5. The molecule has 0 unspecified atom stereocenters. The Hall–Kier alpha value is -4.96. The van der Waals surface area contributed by atoms with Crippen molar-refractivity contribution in [2.45, 2.75) is 119 Å². The van der Waals surface area contributed by atoms with Gasteiger partial charge in [0.15, 0.2) is 11.4 Å². The van der Waals surface area contributed by atoms with Crippen LogP contribution in [0, 0.1) is 47.4 Å². The van der Waals surface area contributed by atoms with E-state index in [4.69, 9.17) is 32.3 Å². The topological polar surface area (TPSA) is 44.5 Å². The van der Waals surface area contributed by atoms with Crippen LogP contribution in [-0.4, -0.2) is 21.6 Å². The summed E-state index contributed by atoms with van der Waals surface area (Å²) in [6.07, 6.45) is 1.73. The molecule has 0 amide bonds. The van der Waals surface area contributed by atoms with Crippen molar-refractivity contribution in [2.24, 2.45) is 0 Å². The van der Waals surface area contributed by atoms with E-state index in [-0.39, 0.29) is 31.8 Å². The van der Waals surface area contributed by atoms with Crippen LogP contribution in [0.15, 0.2) is 187 Å². The van der Waals surface area contributed by atoms with E-state index in [0.717, 1.165) is 11.3 Å². The van der Waals surface area contributed by atoms with Crippen LogP contribution in [0.5, 0.6) is 11.5 Å². The molecule has 0 aliphatic heterocycles. The number of oxazole rings is 1. The van der Waals surface area contributed by atoms with Crippen molar-refractivity contribution < 1.29 is 33.6 Å². The van der Waals surface area contributed by atoms with Crippen LogP contribution in [0.2, 0.25) is 36.3 Å². The number of halogens is 3. The zero-order valence-electron chi connectivity index (χ0n) is 50.0. The molecule has 9 rings (SSSR count). The quantitative estimate of drug-likeness (QED) is 0.0903. The normalized spacial score (nSPS) is 11.8. The molecular weight excluding hydrogens is 1210 g/mol. The molecule has 1 aromatic heterocycles. The van der Waals surface area contributed by atoms with Gasteiger partial charge in [-0.05, 0) is 183 Å². The monoisotopic (exact) mass is 1280 g/mol. The van der Waals surface area contributed by atoms with Gasteiger partial charge in [-0.15, -0.1) is 0 Å². The first-order valence-electron chi connectivity index (χ1n) is 27.2. The van der Waals surface area contributed by atoms with Gasteiger partial charge in [-0.1, -0.05) is 200 Å². The number of rotatable bonds is 12. The average molecular weight is 1290 g/mol. The van der Waals surface area contributed by atoms with Crippen LogP contribution in [-0.2, 0) is 15.9 Å². The maximum atomic E-state index is 15.0. The van der Waals surface area contributed by atoms with Crippen LogP contribution in [0.4, 0.5) is 4.39 Å². The third-order valence-corrected chi connectivity index (χ3v) is 30.0. The number of aromatic nitrogens is 1. The van der Waals surface area contributed by atoms with Crippen molar-refractivity contribution in [2.75, 3.05) is 0 Å². The molecule has 0 saturated carbocycles. The summed E-state index contributed by atoms with van der Waals surface area (Å²) in [6.45, 7) is 38.9. The Morgan fingerprint density at radius 2 is 0.827 bits per heavy atom. The molecule has 81 heavy (non-hydrogen) atoms. The minimum absolute atomic E-state index is 0.0241. The van der Waals surface area contributed by atoms with Crippen LogP contribution in [0.25, 0.3) is 28.6 Å². The fourth-order valence-electron chi connectivity index (χ4n) is 8.62. The second kappa shape index (κ2) is 28.5. The molecule has 0 aliphatic carbocycles. The van der Waals surface area contributed by atoms with Gasteiger partial charge in [-0.3, -0.25) is 0 Å². The summed E-state index contributed by atoms with van der Waals surface area (Å²) in [7, 11) is 4.43. The molecule has 0 bridgehead atoms. The average Bonchev–Trinajstić information content (AvgIpc) is 3.98. The third kappa shape index (κ3) is 16.4. The molecule has 9 aromatic rings. The predicted molar refractivity (Wildman–Crippen MR) is 356 cm³/mol. The van der Waals surface area contributed by atoms with Gasteiger partial charge >= 0.3 is 35.0 Å². The van der Waals surface area contributed by atoms with Crippen molar-refractivity contribution in [1.29, 1.82) is 0 Å². The van der Waals surface area contributed by atoms with Crippen molar-refractivity contribution in [3.8, 4) is 23.0 Å². The molecule has 0 radical (unpaired) electrons. The van der Waals surface area contributed by atoms with Gasteiger partial charge in [-0.2, -0.15) is 0 Å². The molecule has 0 spiro atoms. The van der Waals surface area contributed by atoms with E-state index in [9.17, 15) is 0 Å². The van der Waals surface area contributed by atoms with Gasteiger partial charge in [0.2, 0.25) is 14.2 Å². The van der Waals surface area contributed by atoms with Crippen molar-refractivity contribution in [3.05, 3.63) is 227 Å². The predicted octanol–water partition coefficient (Wildman–Crippen LogP) is 19.2. The van der Waals surface area contributed by atoms with Gasteiger partial charge in [0.1, 0.15) is 17.0 Å².